The van der Waals surface area contributed by atoms with Crippen molar-refractivity contribution in [2.75, 3.05) is 0 Å². The maximum Gasteiger partial charge on any atom is 0.134 e. The van der Waals surface area contributed by atoms with Crippen molar-refractivity contribution in [3.8, 4) is 11.5 Å². The third kappa shape index (κ3) is 3.14. The Morgan fingerprint density at radius 2 is 1.82 bits per heavy atom. The van der Waals surface area contributed by atoms with Crippen molar-refractivity contribution < 1.29 is 9.84 Å². The van der Waals surface area contributed by atoms with Gasteiger partial charge in [0.1, 0.15) is 18.1 Å². The van der Waals surface area contributed by atoms with Gasteiger partial charge in [0.2, 0.25) is 0 Å². The standard InChI is InChI=1S/C14H13ClO2/c1-10-2-5-12(6-3-10)17-9-11-4-7-13(15)14(16)8-11/h2-8,16H,9H2,1H3. The van der Waals surface area contributed by atoms with E-state index in [2.05, 4.69) is 0 Å². The number of halogens is 1. The molecule has 0 aliphatic heterocycles. The molecule has 1 N–H and O–H groups in total. The number of hydrogen-bond acceptors (Lipinski definition) is 2. The third-order valence-corrected chi connectivity index (χ3v) is 2.76. The highest BCUT2D eigenvalue weighted by molar-refractivity contribution is 6.31. The first kappa shape index (κ1) is 11.8. The predicted molar refractivity (Wildman–Crippen MR) is 68.6 cm³/mol. The van der Waals surface area contributed by atoms with E-state index in [1.54, 1.807) is 12.1 Å². The van der Waals surface area contributed by atoms with E-state index in [0.717, 1.165) is 11.3 Å². The van der Waals surface area contributed by atoms with Crippen LogP contribution in [0, 0.1) is 6.92 Å². The van der Waals surface area contributed by atoms with Gasteiger partial charge in [0.25, 0.3) is 0 Å². The van der Waals surface area contributed by atoms with E-state index in [1.807, 2.05) is 37.3 Å². The lowest BCUT2D eigenvalue weighted by atomic mass is 10.2. The van der Waals surface area contributed by atoms with E-state index in [-0.39, 0.29) is 5.75 Å². The topological polar surface area (TPSA) is 29.5 Å². The fourth-order valence-electron chi connectivity index (χ4n) is 1.45. The van der Waals surface area contributed by atoms with Crippen LogP contribution < -0.4 is 4.74 Å². The van der Waals surface area contributed by atoms with Gasteiger partial charge in [0.05, 0.1) is 5.02 Å². The number of phenolic OH excluding ortho intramolecular Hbond substituents is 1. The lowest BCUT2D eigenvalue weighted by Crippen LogP contribution is -1.95. The Morgan fingerprint density at radius 3 is 2.47 bits per heavy atom. The van der Waals surface area contributed by atoms with E-state index in [1.165, 1.54) is 5.56 Å². The van der Waals surface area contributed by atoms with E-state index < -0.39 is 0 Å². The lowest BCUT2D eigenvalue weighted by Gasteiger charge is -2.07. The first-order valence-corrected chi connectivity index (χ1v) is 5.70. The minimum Gasteiger partial charge on any atom is -0.506 e. The second kappa shape index (κ2) is 5.11. The van der Waals surface area contributed by atoms with Gasteiger partial charge in [-0.3, -0.25) is 0 Å². The summed E-state index contributed by atoms with van der Waals surface area (Å²) in [6.45, 7) is 2.44. The first-order chi connectivity index (χ1) is 8.15. The molecule has 0 spiro atoms. The molecule has 0 bridgehead atoms. The largest absolute Gasteiger partial charge is 0.506 e. The van der Waals surface area contributed by atoms with Crippen molar-refractivity contribution >= 4 is 11.6 Å². The van der Waals surface area contributed by atoms with Crippen molar-refractivity contribution in [2.24, 2.45) is 0 Å². The highest BCUT2D eigenvalue weighted by Crippen LogP contribution is 2.24. The molecule has 2 aromatic carbocycles. The van der Waals surface area contributed by atoms with Gasteiger partial charge < -0.3 is 9.84 Å². The number of benzene rings is 2. The molecular formula is C14H13ClO2. The molecular weight excluding hydrogens is 236 g/mol. The van der Waals surface area contributed by atoms with Gasteiger partial charge >= 0.3 is 0 Å². The molecule has 0 aliphatic carbocycles. The van der Waals surface area contributed by atoms with Gasteiger partial charge in [0.15, 0.2) is 0 Å². The van der Waals surface area contributed by atoms with E-state index in [0.29, 0.717) is 11.6 Å². The molecule has 0 aromatic heterocycles. The highest BCUT2D eigenvalue weighted by Gasteiger charge is 2.01. The summed E-state index contributed by atoms with van der Waals surface area (Å²) in [5.74, 6) is 0.890. The molecule has 2 rings (SSSR count). The zero-order chi connectivity index (χ0) is 12.3. The quantitative estimate of drug-likeness (QED) is 0.892. The van der Waals surface area contributed by atoms with Crippen LogP contribution >= 0.6 is 11.6 Å². The first-order valence-electron chi connectivity index (χ1n) is 5.32. The molecule has 0 saturated carbocycles. The zero-order valence-corrected chi connectivity index (χ0v) is 10.2. The Balaban J connectivity index is 2.02. The van der Waals surface area contributed by atoms with Crippen LogP contribution in [0.25, 0.3) is 0 Å². The lowest BCUT2D eigenvalue weighted by molar-refractivity contribution is 0.305. The van der Waals surface area contributed by atoms with Crippen LogP contribution in [0.2, 0.25) is 5.02 Å². The molecule has 17 heavy (non-hydrogen) atoms. The van der Waals surface area contributed by atoms with Crippen molar-refractivity contribution in [1.82, 2.24) is 0 Å². The number of phenols is 1. The Bertz CT molecular complexity index is 506. The van der Waals surface area contributed by atoms with Crippen LogP contribution in [-0.4, -0.2) is 5.11 Å². The van der Waals surface area contributed by atoms with Crippen LogP contribution in [0.3, 0.4) is 0 Å². The molecule has 0 amide bonds. The highest BCUT2D eigenvalue weighted by atomic mass is 35.5. The minimum absolute atomic E-state index is 0.0803. The summed E-state index contributed by atoms with van der Waals surface area (Å²) in [7, 11) is 0. The Labute approximate surface area is 105 Å². The number of aromatic hydroxyl groups is 1. The van der Waals surface area contributed by atoms with Crippen LogP contribution in [0.1, 0.15) is 11.1 Å². The molecule has 88 valence electrons. The normalized spacial score (nSPS) is 10.2. The summed E-state index contributed by atoms with van der Waals surface area (Å²) in [5, 5.41) is 9.80. The maximum absolute atomic E-state index is 9.45. The fraction of sp³-hybridized carbons (Fsp3) is 0.143. The predicted octanol–water partition coefficient (Wildman–Crippen LogP) is 3.93. The van der Waals surface area contributed by atoms with Crippen LogP contribution in [-0.2, 0) is 6.61 Å². The number of ether oxygens (including phenoxy) is 1. The zero-order valence-electron chi connectivity index (χ0n) is 9.48. The van der Waals surface area contributed by atoms with Crippen molar-refractivity contribution in [3.05, 3.63) is 58.6 Å². The van der Waals surface area contributed by atoms with Crippen LogP contribution in [0.5, 0.6) is 11.5 Å². The molecule has 2 aromatic rings. The average molecular weight is 249 g/mol. The van der Waals surface area contributed by atoms with Gasteiger partial charge in [-0.1, -0.05) is 35.4 Å². The van der Waals surface area contributed by atoms with E-state index >= 15 is 0 Å². The Hall–Kier alpha value is -1.67. The third-order valence-electron chi connectivity index (χ3n) is 2.44. The van der Waals surface area contributed by atoms with E-state index in [4.69, 9.17) is 16.3 Å². The summed E-state index contributed by atoms with van der Waals surface area (Å²) >= 11 is 5.72. The summed E-state index contributed by atoms with van der Waals surface area (Å²) in [4.78, 5) is 0. The van der Waals surface area contributed by atoms with Gasteiger partial charge in [-0.15, -0.1) is 0 Å². The summed E-state index contributed by atoms with van der Waals surface area (Å²) < 4.78 is 5.59. The van der Waals surface area contributed by atoms with Crippen molar-refractivity contribution in [1.29, 1.82) is 0 Å². The minimum atomic E-state index is 0.0803. The molecule has 2 nitrogen and oxygen atoms in total. The molecule has 0 aliphatic rings. The summed E-state index contributed by atoms with van der Waals surface area (Å²) in [5.41, 5.74) is 2.08. The number of hydrogen-bond donors (Lipinski definition) is 1. The molecule has 0 heterocycles. The average Bonchev–Trinajstić information content (AvgIpc) is 2.33. The van der Waals surface area contributed by atoms with Gasteiger partial charge in [-0.2, -0.15) is 0 Å². The number of aryl methyl sites for hydroxylation is 1. The van der Waals surface area contributed by atoms with Gasteiger partial charge in [-0.05, 0) is 36.8 Å². The molecule has 3 heteroatoms. The van der Waals surface area contributed by atoms with Gasteiger partial charge in [0, 0.05) is 0 Å². The summed E-state index contributed by atoms with van der Waals surface area (Å²) in [6, 6.07) is 12.9. The number of rotatable bonds is 3. The van der Waals surface area contributed by atoms with Gasteiger partial charge in [-0.25, -0.2) is 0 Å². The Kier molecular flexibility index (Phi) is 3.55. The van der Waals surface area contributed by atoms with Crippen LogP contribution in [0.15, 0.2) is 42.5 Å². The fourth-order valence-corrected chi connectivity index (χ4v) is 1.57. The second-order valence-corrected chi connectivity index (χ2v) is 4.29. The molecule has 0 fully saturated rings. The monoisotopic (exact) mass is 248 g/mol. The molecule has 0 radical (unpaired) electrons. The second-order valence-electron chi connectivity index (χ2n) is 3.89. The summed E-state index contributed by atoms with van der Waals surface area (Å²) in [6.07, 6.45) is 0. The molecule has 0 saturated heterocycles. The Morgan fingerprint density at radius 1 is 1.12 bits per heavy atom. The van der Waals surface area contributed by atoms with Crippen LogP contribution in [0.4, 0.5) is 0 Å². The van der Waals surface area contributed by atoms with Crippen molar-refractivity contribution in [3.63, 3.8) is 0 Å². The SMILES string of the molecule is Cc1ccc(OCc2ccc(Cl)c(O)c2)cc1. The van der Waals surface area contributed by atoms with Crippen molar-refractivity contribution in [2.45, 2.75) is 13.5 Å². The smallest absolute Gasteiger partial charge is 0.134 e. The maximum atomic E-state index is 9.45. The molecule has 0 unspecified atom stereocenters. The molecule has 0 atom stereocenters. The van der Waals surface area contributed by atoms with E-state index in [9.17, 15) is 5.11 Å².